The van der Waals surface area contributed by atoms with Gasteiger partial charge in [-0.15, -0.1) is 0 Å². The van der Waals surface area contributed by atoms with Crippen LogP contribution in [0, 0.1) is 5.92 Å². The summed E-state index contributed by atoms with van der Waals surface area (Å²) in [5, 5.41) is 2.84. The molecule has 0 unspecified atom stereocenters. The van der Waals surface area contributed by atoms with Crippen LogP contribution < -0.4 is 5.32 Å². The van der Waals surface area contributed by atoms with E-state index in [2.05, 4.69) is 5.32 Å². The van der Waals surface area contributed by atoms with Crippen molar-refractivity contribution in [3.63, 3.8) is 0 Å². The molecule has 0 spiro atoms. The highest BCUT2D eigenvalue weighted by molar-refractivity contribution is 5.82. The van der Waals surface area contributed by atoms with Crippen molar-refractivity contribution < 1.29 is 9.59 Å². The Balaban J connectivity index is 2.31. The lowest BCUT2D eigenvalue weighted by atomic mass is 10.0. The van der Waals surface area contributed by atoms with E-state index in [1.165, 1.54) is 0 Å². The average molecular weight is 260 g/mol. The van der Waals surface area contributed by atoms with E-state index in [-0.39, 0.29) is 23.8 Å². The lowest BCUT2D eigenvalue weighted by Crippen LogP contribution is -2.39. The van der Waals surface area contributed by atoms with Crippen LogP contribution in [-0.2, 0) is 9.59 Å². The third kappa shape index (κ3) is 3.13. The van der Waals surface area contributed by atoms with Crippen molar-refractivity contribution in [3.8, 4) is 0 Å². The Bertz CT molecular complexity index is 456. The number of hydrogen-bond donors (Lipinski definition) is 1. The van der Waals surface area contributed by atoms with Crippen molar-refractivity contribution in [1.82, 2.24) is 10.2 Å². The molecule has 1 atom stereocenters. The zero-order valence-corrected chi connectivity index (χ0v) is 11.4. The van der Waals surface area contributed by atoms with E-state index in [0.29, 0.717) is 19.5 Å². The Morgan fingerprint density at radius 3 is 2.63 bits per heavy atom. The number of nitrogens with zero attached hydrogens (tertiary/aromatic N) is 1. The standard InChI is InChI=1S/C15H20N2O2/c1-11(2)15(19)17-9-8-16-14(18)10-13(17)12-6-4-3-5-7-12/h3-7,11,13H,8-10H2,1-2H3,(H,16,18)/t13-/m1/s1. The van der Waals surface area contributed by atoms with E-state index < -0.39 is 0 Å². The summed E-state index contributed by atoms with van der Waals surface area (Å²) < 4.78 is 0. The van der Waals surface area contributed by atoms with Gasteiger partial charge < -0.3 is 10.2 Å². The van der Waals surface area contributed by atoms with Crippen molar-refractivity contribution in [2.24, 2.45) is 5.92 Å². The summed E-state index contributed by atoms with van der Waals surface area (Å²) in [6.07, 6.45) is 0.336. The maximum absolute atomic E-state index is 12.3. The minimum atomic E-state index is -0.154. The second kappa shape index (κ2) is 5.87. The normalized spacial score (nSPS) is 20.1. The minimum absolute atomic E-state index is 0.00732. The maximum atomic E-state index is 12.3. The number of nitrogens with one attached hydrogen (secondary N) is 1. The predicted octanol–water partition coefficient (Wildman–Crippen LogP) is 1.73. The summed E-state index contributed by atoms with van der Waals surface area (Å²) in [5.41, 5.74) is 1.02. The van der Waals surface area contributed by atoms with E-state index in [1.807, 2.05) is 49.1 Å². The molecule has 4 nitrogen and oxygen atoms in total. The fourth-order valence-corrected chi connectivity index (χ4v) is 2.40. The van der Waals surface area contributed by atoms with Gasteiger partial charge in [0.1, 0.15) is 0 Å². The second-order valence-corrected chi connectivity index (χ2v) is 5.17. The van der Waals surface area contributed by atoms with Crippen LogP contribution in [0.3, 0.4) is 0 Å². The smallest absolute Gasteiger partial charge is 0.225 e. The highest BCUT2D eigenvalue weighted by Gasteiger charge is 2.30. The van der Waals surface area contributed by atoms with Gasteiger partial charge in [0.2, 0.25) is 11.8 Å². The van der Waals surface area contributed by atoms with E-state index in [4.69, 9.17) is 0 Å². The molecule has 1 aromatic carbocycles. The fourth-order valence-electron chi connectivity index (χ4n) is 2.40. The first-order chi connectivity index (χ1) is 9.09. The molecule has 1 N–H and O–H groups in total. The third-order valence-electron chi connectivity index (χ3n) is 3.39. The molecule has 0 aliphatic carbocycles. The van der Waals surface area contributed by atoms with Crippen LogP contribution in [0.25, 0.3) is 0 Å². The molecule has 2 rings (SSSR count). The van der Waals surface area contributed by atoms with Crippen molar-refractivity contribution >= 4 is 11.8 Å². The van der Waals surface area contributed by atoms with Gasteiger partial charge in [0, 0.05) is 19.0 Å². The molecule has 0 saturated carbocycles. The lowest BCUT2D eigenvalue weighted by Gasteiger charge is -2.31. The van der Waals surface area contributed by atoms with Gasteiger partial charge in [0.25, 0.3) is 0 Å². The maximum Gasteiger partial charge on any atom is 0.225 e. The molecule has 1 aliphatic rings. The van der Waals surface area contributed by atoms with Crippen LogP contribution in [-0.4, -0.2) is 29.8 Å². The Labute approximate surface area is 113 Å². The lowest BCUT2D eigenvalue weighted by molar-refractivity contribution is -0.137. The monoisotopic (exact) mass is 260 g/mol. The Morgan fingerprint density at radius 1 is 1.32 bits per heavy atom. The predicted molar refractivity (Wildman–Crippen MR) is 73.4 cm³/mol. The molecule has 4 heteroatoms. The number of carbonyl (C=O) groups is 2. The minimum Gasteiger partial charge on any atom is -0.354 e. The quantitative estimate of drug-likeness (QED) is 0.880. The van der Waals surface area contributed by atoms with Crippen LogP contribution in [0.15, 0.2) is 30.3 Å². The zero-order valence-electron chi connectivity index (χ0n) is 11.4. The van der Waals surface area contributed by atoms with Crippen LogP contribution in [0.5, 0.6) is 0 Å². The third-order valence-corrected chi connectivity index (χ3v) is 3.39. The van der Waals surface area contributed by atoms with Gasteiger partial charge in [-0.25, -0.2) is 0 Å². The SMILES string of the molecule is CC(C)C(=O)N1CCNC(=O)C[C@@H]1c1ccccc1. The van der Waals surface area contributed by atoms with Crippen LogP contribution >= 0.6 is 0 Å². The number of carbonyl (C=O) groups excluding carboxylic acids is 2. The van der Waals surface area contributed by atoms with Gasteiger partial charge in [-0.05, 0) is 5.56 Å². The first-order valence-electron chi connectivity index (χ1n) is 6.71. The van der Waals surface area contributed by atoms with Gasteiger partial charge in [-0.2, -0.15) is 0 Å². The summed E-state index contributed by atoms with van der Waals surface area (Å²) in [4.78, 5) is 25.9. The number of rotatable bonds is 2. The molecule has 0 aromatic heterocycles. The summed E-state index contributed by atoms with van der Waals surface area (Å²) in [6.45, 7) is 4.89. The Kier molecular flexibility index (Phi) is 4.20. The molecule has 1 aromatic rings. The molecule has 1 saturated heterocycles. The molecule has 1 aliphatic heterocycles. The van der Waals surface area contributed by atoms with Gasteiger partial charge in [0.15, 0.2) is 0 Å². The first kappa shape index (κ1) is 13.6. The van der Waals surface area contributed by atoms with Crippen molar-refractivity contribution in [2.75, 3.05) is 13.1 Å². The highest BCUT2D eigenvalue weighted by Crippen LogP contribution is 2.26. The summed E-state index contributed by atoms with van der Waals surface area (Å²) in [5.74, 6) is 0.0534. The van der Waals surface area contributed by atoms with Gasteiger partial charge in [0.05, 0.1) is 12.5 Å². The molecule has 102 valence electrons. The Morgan fingerprint density at radius 2 is 2.00 bits per heavy atom. The van der Waals surface area contributed by atoms with Crippen LogP contribution in [0.2, 0.25) is 0 Å². The number of benzene rings is 1. The van der Waals surface area contributed by atoms with Crippen molar-refractivity contribution in [3.05, 3.63) is 35.9 Å². The van der Waals surface area contributed by atoms with Crippen molar-refractivity contribution in [2.45, 2.75) is 26.3 Å². The average Bonchev–Trinajstić information content (AvgIpc) is 2.60. The summed E-state index contributed by atoms with van der Waals surface area (Å²) in [6, 6.07) is 9.62. The number of amides is 2. The molecule has 0 radical (unpaired) electrons. The molecule has 1 fully saturated rings. The van der Waals surface area contributed by atoms with E-state index in [9.17, 15) is 9.59 Å². The number of hydrogen-bond acceptors (Lipinski definition) is 2. The molecule has 0 bridgehead atoms. The fraction of sp³-hybridized carbons (Fsp3) is 0.467. The molecular formula is C15H20N2O2. The van der Waals surface area contributed by atoms with Gasteiger partial charge >= 0.3 is 0 Å². The van der Waals surface area contributed by atoms with Crippen LogP contribution in [0.1, 0.15) is 31.9 Å². The molecule has 2 amide bonds. The van der Waals surface area contributed by atoms with Crippen LogP contribution in [0.4, 0.5) is 0 Å². The summed E-state index contributed by atoms with van der Waals surface area (Å²) in [7, 11) is 0. The highest BCUT2D eigenvalue weighted by atomic mass is 16.2. The van der Waals surface area contributed by atoms with Crippen molar-refractivity contribution in [1.29, 1.82) is 0 Å². The molecular weight excluding hydrogens is 240 g/mol. The van der Waals surface area contributed by atoms with E-state index >= 15 is 0 Å². The summed E-state index contributed by atoms with van der Waals surface area (Å²) >= 11 is 0. The van der Waals surface area contributed by atoms with Gasteiger partial charge in [-0.3, -0.25) is 9.59 Å². The molecule has 1 heterocycles. The topological polar surface area (TPSA) is 49.4 Å². The van der Waals surface area contributed by atoms with Gasteiger partial charge in [-0.1, -0.05) is 44.2 Å². The second-order valence-electron chi connectivity index (χ2n) is 5.17. The first-order valence-corrected chi connectivity index (χ1v) is 6.71. The largest absolute Gasteiger partial charge is 0.354 e. The zero-order chi connectivity index (χ0) is 13.8. The van der Waals surface area contributed by atoms with E-state index in [0.717, 1.165) is 5.56 Å². The van der Waals surface area contributed by atoms with E-state index in [1.54, 1.807) is 0 Å². The molecule has 19 heavy (non-hydrogen) atoms. The Hall–Kier alpha value is -1.84.